The van der Waals surface area contributed by atoms with Crippen molar-refractivity contribution in [1.82, 2.24) is 4.72 Å². The molecule has 0 saturated heterocycles. The molecular weight excluding hydrogens is 386 g/mol. The average molecular weight is 400 g/mol. The molecule has 0 bridgehead atoms. The van der Waals surface area contributed by atoms with Gasteiger partial charge in [-0.2, -0.15) is 11.3 Å². The second-order valence-corrected chi connectivity index (χ2v) is 9.23. The molecule has 126 valence electrons. The monoisotopic (exact) mass is 399 g/mol. The highest BCUT2D eigenvalue weighted by atomic mass is 35.5. The SMILES string of the molecule is O=S(=O)(NCc1ccc(C(O)c2ccsc2)s1)c1ccc(Cl)cc1. The van der Waals surface area contributed by atoms with Gasteiger partial charge in [-0.1, -0.05) is 11.6 Å². The van der Waals surface area contributed by atoms with Gasteiger partial charge in [0.25, 0.3) is 0 Å². The van der Waals surface area contributed by atoms with Crippen molar-refractivity contribution in [3.8, 4) is 0 Å². The number of rotatable bonds is 6. The van der Waals surface area contributed by atoms with Gasteiger partial charge in [-0.15, -0.1) is 11.3 Å². The Bertz CT molecular complexity index is 902. The summed E-state index contributed by atoms with van der Waals surface area (Å²) in [5.41, 5.74) is 0.843. The first-order chi connectivity index (χ1) is 11.5. The molecule has 2 N–H and O–H groups in total. The van der Waals surface area contributed by atoms with E-state index < -0.39 is 16.1 Å². The highest BCUT2D eigenvalue weighted by Crippen LogP contribution is 2.29. The maximum Gasteiger partial charge on any atom is 0.240 e. The zero-order chi connectivity index (χ0) is 17.2. The van der Waals surface area contributed by atoms with E-state index in [2.05, 4.69) is 4.72 Å². The minimum absolute atomic E-state index is 0.169. The fraction of sp³-hybridized carbons (Fsp3) is 0.125. The van der Waals surface area contributed by atoms with Crippen LogP contribution in [0.4, 0.5) is 0 Å². The van der Waals surface area contributed by atoms with Crippen molar-refractivity contribution in [3.05, 3.63) is 73.6 Å². The van der Waals surface area contributed by atoms with Gasteiger partial charge < -0.3 is 5.11 Å². The fourth-order valence-corrected chi connectivity index (χ4v) is 4.96. The molecule has 1 atom stereocenters. The third-order valence-corrected chi connectivity index (χ3v) is 6.88. The molecule has 1 unspecified atom stereocenters. The molecule has 4 nitrogen and oxygen atoms in total. The Kier molecular flexibility index (Phi) is 5.39. The summed E-state index contributed by atoms with van der Waals surface area (Å²) in [6.45, 7) is 0.173. The van der Waals surface area contributed by atoms with E-state index in [4.69, 9.17) is 11.6 Å². The van der Waals surface area contributed by atoms with Crippen molar-refractivity contribution < 1.29 is 13.5 Å². The van der Waals surface area contributed by atoms with Crippen LogP contribution >= 0.6 is 34.3 Å². The normalized spacial score (nSPS) is 13.1. The molecule has 0 saturated carbocycles. The predicted octanol–water partition coefficient (Wildman–Crippen LogP) is 4.02. The van der Waals surface area contributed by atoms with Crippen LogP contribution in [-0.4, -0.2) is 13.5 Å². The van der Waals surface area contributed by atoms with Gasteiger partial charge in [0.2, 0.25) is 10.0 Å². The van der Waals surface area contributed by atoms with Crippen molar-refractivity contribution in [1.29, 1.82) is 0 Å². The Morgan fingerprint density at radius 1 is 1.12 bits per heavy atom. The Hall–Kier alpha value is -1.22. The van der Waals surface area contributed by atoms with Crippen LogP contribution in [0.2, 0.25) is 5.02 Å². The summed E-state index contributed by atoms with van der Waals surface area (Å²) in [4.78, 5) is 1.79. The van der Waals surface area contributed by atoms with Gasteiger partial charge in [0.1, 0.15) is 6.10 Å². The van der Waals surface area contributed by atoms with Gasteiger partial charge in [-0.25, -0.2) is 13.1 Å². The predicted molar refractivity (Wildman–Crippen MR) is 98.2 cm³/mol. The molecule has 2 heterocycles. The van der Waals surface area contributed by atoms with Crippen LogP contribution < -0.4 is 4.72 Å². The summed E-state index contributed by atoms with van der Waals surface area (Å²) in [6.07, 6.45) is -0.678. The van der Waals surface area contributed by atoms with Gasteiger partial charge in [-0.3, -0.25) is 0 Å². The van der Waals surface area contributed by atoms with Gasteiger partial charge in [0, 0.05) is 21.3 Å². The second kappa shape index (κ2) is 7.35. The molecule has 0 fully saturated rings. The first-order valence-electron chi connectivity index (χ1n) is 7.00. The largest absolute Gasteiger partial charge is 0.383 e. The fourth-order valence-electron chi connectivity index (χ4n) is 2.09. The summed E-state index contributed by atoms with van der Waals surface area (Å²) >= 11 is 8.68. The number of sulfonamides is 1. The van der Waals surface area contributed by atoms with E-state index in [1.165, 1.54) is 46.9 Å². The van der Waals surface area contributed by atoms with Crippen LogP contribution in [0, 0.1) is 0 Å². The smallest absolute Gasteiger partial charge is 0.240 e. The van der Waals surface area contributed by atoms with Gasteiger partial charge >= 0.3 is 0 Å². The third kappa shape index (κ3) is 4.05. The van der Waals surface area contributed by atoms with Crippen molar-refractivity contribution >= 4 is 44.3 Å². The summed E-state index contributed by atoms with van der Waals surface area (Å²) in [5, 5.41) is 14.6. The van der Waals surface area contributed by atoms with Crippen LogP contribution in [0.5, 0.6) is 0 Å². The lowest BCUT2D eigenvalue weighted by Crippen LogP contribution is -2.22. The molecule has 0 spiro atoms. The molecule has 24 heavy (non-hydrogen) atoms. The number of aliphatic hydroxyl groups is 1. The highest BCUT2D eigenvalue weighted by molar-refractivity contribution is 7.89. The summed E-state index contributed by atoms with van der Waals surface area (Å²) < 4.78 is 27.1. The second-order valence-electron chi connectivity index (χ2n) is 5.04. The molecule has 3 rings (SSSR count). The molecule has 2 aromatic heterocycles. The van der Waals surface area contributed by atoms with E-state index >= 15 is 0 Å². The Labute approximate surface area is 153 Å². The Morgan fingerprint density at radius 2 is 1.88 bits per heavy atom. The van der Waals surface area contributed by atoms with Crippen LogP contribution in [-0.2, 0) is 16.6 Å². The van der Waals surface area contributed by atoms with Crippen molar-refractivity contribution in [2.75, 3.05) is 0 Å². The topological polar surface area (TPSA) is 66.4 Å². The molecule has 0 aliphatic heterocycles. The number of thiophene rings is 2. The number of halogens is 1. The minimum Gasteiger partial charge on any atom is -0.383 e. The number of hydrogen-bond donors (Lipinski definition) is 2. The molecule has 0 aliphatic carbocycles. The van der Waals surface area contributed by atoms with Crippen molar-refractivity contribution in [3.63, 3.8) is 0 Å². The van der Waals surface area contributed by atoms with Gasteiger partial charge in [0.05, 0.1) is 4.90 Å². The molecule has 3 aromatic rings. The van der Waals surface area contributed by atoms with Crippen LogP contribution in [0.1, 0.15) is 21.4 Å². The number of nitrogens with one attached hydrogen (secondary N) is 1. The average Bonchev–Trinajstić information content (AvgIpc) is 3.25. The molecule has 0 amide bonds. The standard InChI is InChI=1S/C16H14ClNO3S3/c17-12-1-4-14(5-2-12)24(20,21)18-9-13-3-6-15(23-13)16(19)11-7-8-22-10-11/h1-8,10,16,18-19H,9H2. The lowest BCUT2D eigenvalue weighted by molar-refractivity contribution is 0.224. The lowest BCUT2D eigenvalue weighted by Gasteiger charge is -2.06. The third-order valence-electron chi connectivity index (χ3n) is 3.37. The lowest BCUT2D eigenvalue weighted by atomic mass is 10.2. The van der Waals surface area contributed by atoms with Crippen LogP contribution in [0.3, 0.4) is 0 Å². The zero-order valence-electron chi connectivity index (χ0n) is 12.3. The van der Waals surface area contributed by atoms with Gasteiger partial charge in [-0.05, 0) is 58.8 Å². The molecule has 1 aromatic carbocycles. The minimum atomic E-state index is -3.59. The summed E-state index contributed by atoms with van der Waals surface area (Å²) in [5.74, 6) is 0. The Morgan fingerprint density at radius 3 is 2.54 bits per heavy atom. The number of aliphatic hydroxyl groups excluding tert-OH is 1. The zero-order valence-corrected chi connectivity index (χ0v) is 15.6. The van der Waals surface area contributed by atoms with Crippen LogP contribution in [0.25, 0.3) is 0 Å². The van der Waals surface area contributed by atoms with E-state index in [0.717, 1.165) is 15.3 Å². The van der Waals surface area contributed by atoms with E-state index in [-0.39, 0.29) is 11.4 Å². The molecule has 0 aliphatic rings. The number of hydrogen-bond acceptors (Lipinski definition) is 5. The quantitative estimate of drug-likeness (QED) is 0.657. The van der Waals surface area contributed by atoms with Crippen molar-refractivity contribution in [2.24, 2.45) is 0 Å². The van der Waals surface area contributed by atoms with Crippen molar-refractivity contribution in [2.45, 2.75) is 17.5 Å². The first-order valence-corrected chi connectivity index (χ1v) is 10.6. The van der Waals surface area contributed by atoms with E-state index in [1.807, 2.05) is 29.0 Å². The van der Waals surface area contributed by atoms with E-state index in [9.17, 15) is 13.5 Å². The molecular formula is C16H14ClNO3S3. The van der Waals surface area contributed by atoms with Crippen LogP contribution in [0.15, 0.2) is 58.1 Å². The summed E-state index contributed by atoms with van der Waals surface area (Å²) in [6, 6.07) is 11.5. The maximum absolute atomic E-state index is 12.2. The Balaban J connectivity index is 1.68. The number of benzene rings is 1. The first kappa shape index (κ1) is 17.6. The maximum atomic E-state index is 12.2. The molecule has 0 radical (unpaired) electrons. The van der Waals surface area contributed by atoms with E-state index in [0.29, 0.717) is 5.02 Å². The summed E-state index contributed by atoms with van der Waals surface area (Å²) in [7, 11) is -3.59. The van der Waals surface area contributed by atoms with E-state index in [1.54, 1.807) is 0 Å². The highest BCUT2D eigenvalue weighted by Gasteiger charge is 2.16. The molecule has 8 heteroatoms. The van der Waals surface area contributed by atoms with Gasteiger partial charge in [0.15, 0.2) is 0 Å².